The first-order valence-corrected chi connectivity index (χ1v) is 6.92. The second-order valence-electron chi connectivity index (χ2n) is 4.82. The van der Waals surface area contributed by atoms with Gasteiger partial charge in [0.2, 0.25) is 0 Å². The largest absolute Gasteiger partial charge is 0.300 e. The minimum absolute atomic E-state index is 1.00. The number of fused-ring (bicyclic) bond motifs is 1. The van der Waals surface area contributed by atoms with Crippen molar-refractivity contribution in [3.8, 4) is 0 Å². The van der Waals surface area contributed by atoms with Crippen LogP contribution in [-0.2, 0) is 0 Å². The van der Waals surface area contributed by atoms with Crippen LogP contribution in [0.1, 0.15) is 25.7 Å². The van der Waals surface area contributed by atoms with Gasteiger partial charge in [0, 0.05) is 6.04 Å². The van der Waals surface area contributed by atoms with Gasteiger partial charge in [-0.05, 0) is 62.1 Å². The maximum absolute atomic E-state index is 2.76. The minimum Gasteiger partial charge on any atom is -0.300 e. The summed E-state index contributed by atoms with van der Waals surface area (Å²) in [7, 11) is 0. The van der Waals surface area contributed by atoms with Gasteiger partial charge in [-0.15, -0.1) is 0 Å². The van der Waals surface area contributed by atoms with E-state index in [1.807, 2.05) is 0 Å². The van der Waals surface area contributed by atoms with Crippen LogP contribution in [0.15, 0.2) is 0 Å². The summed E-state index contributed by atoms with van der Waals surface area (Å²) in [4.78, 5) is 2.76. The molecule has 2 heteroatoms. The van der Waals surface area contributed by atoms with Gasteiger partial charge in [-0.2, -0.15) is 11.8 Å². The van der Waals surface area contributed by atoms with Crippen molar-refractivity contribution in [2.75, 3.05) is 24.6 Å². The number of thioether (sulfide) groups is 1. The predicted molar refractivity (Wildman–Crippen MR) is 58.1 cm³/mol. The third kappa shape index (κ3) is 1.42. The van der Waals surface area contributed by atoms with Crippen LogP contribution in [0.25, 0.3) is 0 Å². The maximum atomic E-state index is 2.76. The molecule has 0 aromatic carbocycles. The van der Waals surface area contributed by atoms with E-state index in [0.717, 1.165) is 17.9 Å². The Hall–Kier alpha value is 0.310. The van der Waals surface area contributed by atoms with Gasteiger partial charge in [-0.3, -0.25) is 0 Å². The molecule has 0 aliphatic carbocycles. The van der Waals surface area contributed by atoms with E-state index in [1.54, 1.807) is 0 Å². The third-order valence-electron chi connectivity index (χ3n) is 4.23. The molecule has 0 radical (unpaired) electrons. The Morgan fingerprint density at radius 1 is 1.08 bits per heavy atom. The molecule has 3 rings (SSSR count). The number of rotatable bonds is 1. The average molecular weight is 197 g/mol. The van der Waals surface area contributed by atoms with Crippen LogP contribution in [0.3, 0.4) is 0 Å². The average Bonchev–Trinajstić information content (AvgIpc) is 2.79. The summed E-state index contributed by atoms with van der Waals surface area (Å²) in [5.41, 5.74) is 0. The molecule has 0 N–H and O–H groups in total. The second kappa shape index (κ2) is 3.47. The lowest BCUT2D eigenvalue weighted by Gasteiger charge is -2.24. The molecule has 0 bridgehead atoms. The SMILES string of the molecule is C1CC2C(C3CCSC3)CCN2C1. The van der Waals surface area contributed by atoms with Crippen LogP contribution in [0.2, 0.25) is 0 Å². The molecule has 3 aliphatic rings. The molecule has 3 saturated heterocycles. The Kier molecular flexibility index (Phi) is 2.30. The molecular weight excluding hydrogens is 178 g/mol. The van der Waals surface area contributed by atoms with Gasteiger partial charge in [0.25, 0.3) is 0 Å². The fraction of sp³-hybridized carbons (Fsp3) is 1.00. The summed E-state index contributed by atoms with van der Waals surface area (Å²) in [5.74, 6) is 5.07. The van der Waals surface area contributed by atoms with Gasteiger partial charge < -0.3 is 4.90 Å². The van der Waals surface area contributed by atoms with Crippen LogP contribution in [0.4, 0.5) is 0 Å². The van der Waals surface area contributed by atoms with E-state index in [2.05, 4.69) is 16.7 Å². The minimum atomic E-state index is 1.00. The smallest absolute Gasteiger partial charge is 0.0127 e. The zero-order chi connectivity index (χ0) is 8.67. The number of nitrogens with zero attached hydrogens (tertiary/aromatic N) is 1. The second-order valence-corrected chi connectivity index (χ2v) is 5.97. The van der Waals surface area contributed by atoms with Crippen LogP contribution < -0.4 is 0 Å². The van der Waals surface area contributed by atoms with Gasteiger partial charge in [0.1, 0.15) is 0 Å². The van der Waals surface area contributed by atoms with E-state index in [4.69, 9.17) is 0 Å². The lowest BCUT2D eigenvalue weighted by atomic mass is 9.85. The maximum Gasteiger partial charge on any atom is 0.0127 e. The van der Waals surface area contributed by atoms with Crippen molar-refractivity contribution in [2.24, 2.45) is 11.8 Å². The Bertz CT molecular complexity index is 189. The molecule has 3 heterocycles. The molecule has 13 heavy (non-hydrogen) atoms. The van der Waals surface area contributed by atoms with Crippen LogP contribution in [0, 0.1) is 11.8 Å². The Balaban J connectivity index is 1.70. The number of hydrogen-bond acceptors (Lipinski definition) is 2. The highest BCUT2D eigenvalue weighted by Gasteiger charge is 2.41. The Morgan fingerprint density at radius 2 is 2.08 bits per heavy atom. The fourth-order valence-electron chi connectivity index (χ4n) is 3.56. The van der Waals surface area contributed by atoms with Gasteiger partial charge in [-0.1, -0.05) is 0 Å². The first-order chi connectivity index (χ1) is 6.45. The standard InChI is InChI=1S/C11H19NS/c1-2-11-10(3-6-12(11)5-1)9-4-7-13-8-9/h9-11H,1-8H2. The molecular formula is C11H19NS. The first-order valence-electron chi connectivity index (χ1n) is 5.77. The van der Waals surface area contributed by atoms with Crippen LogP contribution in [-0.4, -0.2) is 35.5 Å². The highest BCUT2D eigenvalue weighted by molar-refractivity contribution is 7.99. The lowest BCUT2D eigenvalue weighted by molar-refractivity contribution is 0.249. The molecule has 0 aromatic heterocycles. The molecule has 3 aliphatic heterocycles. The molecule has 3 fully saturated rings. The third-order valence-corrected chi connectivity index (χ3v) is 5.42. The van der Waals surface area contributed by atoms with Crippen molar-refractivity contribution < 1.29 is 0 Å². The summed E-state index contributed by atoms with van der Waals surface area (Å²) in [6.07, 6.45) is 6.00. The molecule has 1 nitrogen and oxygen atoms in total. The lowest BCUT2D eigenvalue weighted by Crippen LogP contribution is -2.29. The Labute approximate surface area is 85.3 Å². The van der Waals surface area contributed by atoms with Gasteiger partial charge in [-0.25, -0.2) is 0 Å². The molecule has 0 spiro atoms. The Morgan fingerprint density at radius 3 is 2.92 bits per heavy atom. The van der Waals surface area contributed by atoms with Gasteiger partial charge in [0.15, 0.2) is 0 Å². The molecule has 3 unspecified atom stereocenters. The van der Waals surface area contributed by atoms with E-state index < -0.39 is 0 Å². The van der Waals surface area contributed by atoms with Crippen molar-refractivity contribution in [3.05, 3.63) is 0 Å². The zero-order valence-corrected chi connectivity index (χ0v) is 9.06. The molecule has 0 saturated carbocycles. The molecule has 74 valence electrons. The monoisotopic (exact) mass is 197 g/mol. The van der Waals surface area contributed by atoms with Crippen molar-refractivity contribution in [3.63, 3.8) is 0 Å². The van der Waals surface area contributed by atoms with E-state index in [0.29, 0.717) is 0 Å². The predicted octanol–water partition coefficient (Wildman–Crippen LogP) is 2.22. The summed E-state index contributed by atoms with van der Waals surface area (Å²) in [6, 6.07) is 1.00. The summed E-state index contributed by atoms with van der Waals surface area (Å²) < 4.78 is 0. The van der Waals surface area contributed by atoms with Gasteiger partial charge >= 0.3 is 0 Å². The van der Waals surface area contributed by atoms with E-state index in [-0.39, 0.29) is 0 Å². The van der Waals surface area contributed by atoms with E-state index in [1.165, 1.54) is 50.3 Å². The first kappa shape index (κ1) is 8.60. The molecule has 0 amide bonds. The normalized spacial score (nSPS) is 45.7. The summed E-state index contributed by atoms with van der Waals surface area (Å²) >= 11 is 2.18. The quantitative estimate of drug-likeness (QED) is 0.634. The molecule has 3 atom stereocenters. The van der Waals surface area contributed by atoms with Crippen LogP contribution in [0.5, 0.6) is 0 Å². The van der Waals surface area contributed by atoms with E-state index in [9.17, 15) is 0 Å². The highest BCUT2D eigenvalue weighted by atomic mass is 32.2. The summed E-state index contributed by atoms with van der Waals surface area (Å²) in [6.45, 7) is 2.82. The van der Waals surface area contributed by atoms with Crippen molar-refractivity contribution >= 4 is 11.8 Å². The zero-order valence-electron chi connectivity index (χ0n) is 8.24. The molecule has 0 aromatic rings. The number of hydrogen-bond donors (Lipinski definition) is 0. The van der Waals surface area contributed by atoms with Gasteiger partial charge in [0.05, 0.1) is 0 Å². The highest BCUT2D eigenvalue weighted by Crippen LogP contribution is 2.42. The van der Waals surface area contributed by atoms with Crippen LogP contribution >= 0.6 is 11.8 Å². The fourth-order valence-corrected chi connectivity index (χ4v) is 4.91. The van der Waals surface area contributed by atoms with Crippen molar-refractivity contribution in [1.29, 1.82) is 0 Å². The summed E-state index contributed by atoms with van der Waals surface area (Å²) in [5, 5.41) is 0. The van der Waals surface area contributed by atoms with E-state index >= 15 is 0 Å². The van der Waals surface area contributed by atoms with Crippen molar-refractivity contribution in [2.45, 2.75) is 31.7 Å². The van der Waals surface area contributed by atoms with Crippen molar-refractivity contribution in [1.82, 2.24) is 4.90 Å². The topological polar surface area (TPSA) is 3.24 Å².